The van der Waals surface area contributed by atoms with Gasteiger partial charge in [-0.15, -0.1) is 11.8 Å². The van der Waals surface area contributed by atoms with E-state index in [0.29, 0.717) is 6.54 Å². The normalized spacial score (nSPS) is 11.9. The molecule has 3 rings (SSSR count). The Balaban J connectivity index is 1.62. The van der Waals surface area contributed by atoms with Crippen LogP contribution < -0.4 is 5.32 Å². The molecule has 1 heterocycles. The highest BCUT2D eigenvalue weighted by atomic mass is 32.2. The van der Waals surface area contributed by atoms with Crippen molar-refractivity contribution in [1.29, 1.82) is 0 Å². The Hall–Kier alpha value is -2.60. The molecule has 25 heavy (non-hydrogen) atoms. The Bertz CT molecular complexity index is 831. The highest BCUT2D eigenvalue weighted by molar-refractivity contribution is 8.00. The van der Waals surface area contributed by atoms with Gasteiger partial charge in [0.05, 0.1) is 10.9 Å². The van der Waals surface area contributed by atoms with E-state index in [1.165, 1.54) is 11.9 Å². The first kappa shape index (κ1) is 17.2. The zero-order valence-electron chi connectivity index (χ0n) is 14.2. The van der Waals surface area contributed by atoms with Gasteiger partial charge < -0.3 is 5.32 Å². The van der Waals surface area contributed by atoms with Gasteiger partial charge in [0.15, 0.2) is 0 Å². The zero-order valence-corrected chi connectivity index (χ0v) is 15.0. The van der Waals surface area contributed by atoms with Gasteiger partial charge in [-0.05, 0) is 37.6 Å². The van der Waals surface area contributed by atoms with Crippen LogP contribution in [-0.4, -0.2) is 25.9 Å². The van der Waals surface area contributed by atoms with E-state index in [1.807, 2.05) is 43.3 Å². The minimum absolute atomic E-state index is 0.0129. The predicted octanol–water partition coefficient (Wildman–Crippen LogP) is 3.37. The molecule has 0 saturated carbocycles. The van der Waals surface area contributed by atoms with E-state index < -0.39 is 0 Å². The van der Waals surface area contributed by atoms with E-state index in [2.05, 4.69) is 34.5 Å². The Morgan fingerprint density at radius 3 is 2.68 bits per heavy atom. The zero-order chi connectivity index (χ0) is 17.6. The van der Waals surface area contributed by atoms with Gasteiger partial charge in [-0.25, -0.2) is 9.67 Å². The van der Waals surface area contributed by atoms with Crippen molar-refractivity contribution in [2.45, 2.75) is 30.5 Å². The number of thioether (sulfide) groups is 1. The van der Waals surface area contributed by atoms with Crippen molar-refractivity contribution in [3.05, 3.63) is 72.3 Å². The van der Waals surface area contributed by atoms with Crippen LogP contribution in [0.1, 0.15) is 18.1 Å². The maximum absolute atomic E-state index is 12.4. The van der Waals surface area contributed by atoms with E-state index in [4.69, 9.17) is 0 Å². The monoisotopic (exact) mass is 352 g/mol. The number of rotatable bonds is 6. The van der Waals surface area contributed by atoms with E-state index in [1.54, 1.807) is 22.8 Å². The third-order valence-corrected chi connectivity index (χ3v) is 4.93. The van der Waals surface area contributed by atoms with Crippen molar-refractivity contribution in [1.82, 2.24) is 20.1 Å². The van der Waals surface area contributed by atoms with Crippen LogP contribution in [0.3, 0.4) is 0 Å². The van der Waals surface area contributed by atoms with Crippen molar-refractivity contribution in [2.75, 3.05) is 0 Å². The summed E-state index contributed by atoms with van der Waals surface area (Å²) < 4.78 is 1.70. The number of nitrogens with one attached hydrogen (secondary N) is 1. The second-order valence-electron chi connectivity index (χ2n) is 5.76. The van der Waals surface area contributed by atoms with Crippen molar-refractivity contribution in [3.8, 4) is 5.69 Å². The molecule has 0 fully saturated rings. The van der Waals surface area contributed by atoms with Crippen LogP contribution in [0, 0.1) is 6.92 Å². The number of para-hydroxylation sites is 1. The Kier molecular flexibility index (Phi) is 5.50. The van der Waals surface area contributed by atoms with Crippen molar-refractivity contribution in [2.24, 2.45) is 0 Å². The fourth-order valence-corrected chi connectivity index (χ4v) is 3.31. The molecule has 6 heteroatoms. The smallest absolute Gasteiger partial charge is 0.233 e. The molecule has 0 aliphatic heterocycles. The summed E-state index contributed by atoms with van der Waals surface area (Å²) in [6.07, 6.45) is 3.15. The molecule has 0 bridgehead atoms. The molecule has 0 aliphatic carbocycles. The molecule has 0 radical (unpaired) electrons. The van der Waals surface area contributed by atoms with Gasteiger partial charge in [-0.3, -0.25) is 4.79 Å². The summed E-state index contributed by atoms with van der Waals surface area (Å²) in [5.74, 6) is 0.0129. The second-order valence-corrected chi connectivity index (χ2v) is 7.17. The Labute approximate surface area is 151 Å². The van der Waals surface area contributed by atoms with Crippen molar-refractivity contribution < 1.29 is 4.79 Å². The molecule has 1 atom stereocenters. The first-order valence-corrected chi connectivity index (χ1v) is 8.95. The van der Waals surface area contributed by atoms with Crippen LogP contribution in [-0.2, 0) is 11.3 Å². The van der Waals surface area contributed by atoms with Crippen LogP contribution in [0.4, 0.5) is 0 Å². The van der Waals surface area contributed by atoms with Crippen LogP contribution in [0.5, 0.6) is 0 Å². The van der Waals surface area contributed by atoms with E-state index >= 15 is 0 Å². The number of hydrogen-bond acceptors (Lipinski definition) is 4. The van der Waals surface area contributed by atoms with Crippen LogP contribution in [0.25, 0.3) is 5.69 Å². The summed E-state index contributed by atoms with van der Waals surface area (Å²) in [5.41, 5.74) is 3.12. The fourth-order valence-electron chi connectivity index (χ4n) is 2.42. The molecular weight excluding hydrogens is 332 g/mol. The number of nitrogens with zero attached hydrogens (tertiary/aromatic N) is 3. The lowest BCUT2D eigenvalue weighted by atomic mass is 10.2. The number of hydrogen-bond donors (Lipinski definition) is 1. The minimum atomic E-state index is -0.166. The number of carbonyl (C=O) groups is 1. The molecule has 0 aliphatic rings. The molecule has 0 saturated heterocycles. The number of carbonyl (C=O) groups excluding carboxylic acids is 1. The largest absolute Gasteiger partial charge is 0.351 e. The number of benzene rings is 2. The van der Waals surface area contributed by atoms with Crippen LogP contribution in [0.2, 0.25) is 0 Å². The highest BCUT2D eigenvalue weighted by Crippen LogP contribution is 2.23. The third-order valence-electron chi connectivity index (χ3n) is 3.81. The summed E-state index contributed by atoms with van der Waals surface area (Å²) >= 11 is 1.56. The minimum Gasteiger partial charge on any atom is -0.351 e. The summed E-state index contributed by atoms with van der Waals surface area (Å²) in [6, 6.07) is 16.0. The quantitative estimate of drug-likeness (QED) is 0.691. The third kappa shape index (κ3) is 4.48. The molecule has 2 aromatic carbocycles. The molecule has 1 aromatic heterocycles. The highest BCUT2D eigenvalue weighted by Gasteiger charge is 2.15. The lowest BCUT2D eigenvalue weighted by Gasteiger charge is -2.14. The lowest BCUT2D eigenvalue weighted by Crippen LogP contribution is -2.30. The standard InChI is InChI=1S/C19H20N4OS/c1-14-7-9-17(10-8-14)25-15(2)19(24)21-11-16-5-3-4-6-18(16)23-13-20-12-22-23/h3-10,12-13,15H,11H2,1-2H3,(H,21,24)/t15-/m0/s1. The van der Waals surface area contributed by atoms with E-state index in [-0.39, 0.29) is 11.2 Å². The Morgan fingerprint density at radius 2 is 1.96 bits per heavy atom. The molecule has 0 spiro atoms. The lowest BCUT2D eigenvalue weighted by molar-refractivity contribution is -0.120. The van der Waals surface area contributed by atoms with E-state index in [0.717, 1.165) is 16.1 Å². The van der Waals surface area contributed by atoms with Gasteiger partial charge in [-0.1, -0.05) is 35.9 Å². The van der Waals surface area contributed by atoms with Crippen molar-refractivity contribution >= 4 is 17.7 Å². The topological polar surface area (TPSA) is 59.8 Å². The average molecular weight is 352 g/mol. The predicted molar refractivity (Wildman–Crippen MR) is 99.7 cm³/mol. The van der Waals surface area contributed by atoms with Crippen LogP contribution in [0.15, 0.2) is 66.1 Å². The van der Waals surface area contributed by atoms with Crippen molar-refractivity contribution in [3.63, 3.8) is 0 Å². The van der Waals surface area contributed by atoms with Gasteiger partial charge in [-0.2, -0.15) is 5.10 Å². The summed E-state index contributed by atoms with van der Waals surface area (Å²) in [5, 5.41) is 7.01. The maximum Gasteiger partial charge on any atom is 0.233 e. The molecule has 1 amide bonds. The number of aromatic nitrogens is 3. The SMILES string of the molecule is Cc1ccc(S[C@@H](C)C(=O)NCc2ccccc2-n2cncn2)cc1. The van der Waals surface area contributed by atoms with Gasteiger partial charge in [0.1, 0.15) is 12.7 Å². The van der Waals surface area contributed by atoms with Gasteiger partial charge >= 0.3 is 0 Å². The fraction of sp³-hybridized carbons (Fsp3) is 0.211. The van der Waals surface area contributed by atoms with Gasteiger partial charge in [0.25, 0.3) is 0 Å². The molecular formula is C19H20N4OS. The van der Waals surface area contributed by atoms with Gasteiger partial charge in [0, 0.05) is 11.4 Å². The first-order chi connectivity index (χ1) is 12.1. The number of amides is 1. The molecule has 5 nitrogen and oxygen atoms in total. The first-order valence-electron chi connectivity index (χ1n) is 8.07. The second kappa shape index (κ2) is 7.98. The maximum atomic E-state index is 12.4. The van der Waals surface area contributed by atoms with Crippen LogP contribution >= 0.6 is 11.8 Å². The summed E-state index contributed by atoms with van der Waals surface area (Å²) in [6.45, 7) is 4.42. The molecule has 1 N–H and O–H groups in total. The summed E-state index contributed by atoms with van der Waals surface area (Å²) in [7, 11) is 0. The molecule has 128 valence electrons. The summed E-state index contributed by atoms with van der Waals surface area (Å²) in [4.78, 5) is 17.5. The molecule has 3 aromatic rings. The van der Waals surface area contributed by atoms with Gasteiger partial charge in [0.2, 0.25) is 5.91 Å². The number of aryl methyl sites for hydroxylation is 1. The van der Waals surface area contributed by atoms with E-state index in [9.17, 15) is 4.79 Å². The average Bonchev–Trinajstić information content (AvgIpc) is 3.16. The Morgan fingerprint density at radius 1 is 1.20 bits per heavy atom. The molecule has 0 unspecified atom stereocenters.